The van der Waals surface area contributed by atoms with Gasteiger partial charge in [0.25, 0.3) is 5.91 Å². The van der Waals surface area contributed by atoms with Crippen molar-refractivity contribution in [2.45, 2.75) is 18.9 Å². The van der Waals surface area contributed by atoms with E-state index in [0.717, 1.165) is 18.7 Å². The van der Waals surface area contributed by atoms with Gasteiger partial charge in [-0.15, -0.1) is 0 Å². The molecule has 146 valence electrons. The molecule has 28 heavy (non-hydrogen) atoms. The van der Waals surface area contributed by atoms with E-state index in [1.54, 1.807) is 5.57 Å². The van der Waals surface area contributed by atoms with Gasteiger partial charge in [0.2, 0.25) is 0 Å². The van der Waals surface area contributed by atoms with Gasteiger partial charge < -0.3 is 15.1 Å². The number of piperidine rings is 1. The topological polar surface area (TPSA) is 35.6 Å². The van der Waals surface area contributed by atoms with Gasteiger partial charge in [-0.25, -0.2) is 0 Å². The number of nitrogens with one attached hydrogen (secondary N) is 1. The summed E-state index contributed by atoms with van der Waals surface area (Å²) in [5, 5.41) is 3.18. The van der Waals surface area contributed by atoms with Gasteiger partial charge in [-0.05, 0) is 61.4 Å². The van der Waals surface area contributed by atoms with Crippen LogP contribution in [0.1, 0.15) is 23.2 Å². The Morgan fingerprint density at radius 3 is 2.86 bits per heavy atom. The minimum Gasteiger partial charge on any atom is -0.354 e. The number of rotatable bonds is 3. The zero-order valence-corrected chi connectivity index (χ0v) is 16.7. The van der Waals surface area contributed by atoms with Crippen LogP contribution in [0.3, 0.4) is 0 Å². The molecule has 4 aliphatic rings. The smallest absolute Gasteiger partial charge is 0.251 e. The number of amides is 1. The first-order chi connectivity index (χ1) is 13.6. The van der Waals surface area contributed by atoms with E-state index >= 15 is 0 Å². The Labute approximate surface area is 167 Å². The zero-order valence-electron chi connectivity index (χ0n) is 16.7. The Morgan fingerprint density at radius 2 is 2.04 bits per heavy atom. The second-order valence-electron chi connectivity index (χ2n) is 8.90. The summed E-state index contributed by atoms with van der Waals surface area (Å²) >= 11 is 0. The van der Waals surface area contributed by atoms with Gasteiger partial charge in [0.05, 0.1) is 0 Å². The van der Waals surface area contributed by atoms with Gasteiger partial charge in [-0.2, -0.15) is 0 Å². The fourth-order valence-corrected chi connectivity index (χ4v) is 5.97. The van der Waals surface area contributed by atoms with Crippen molar-refractivity contribution < 1.29 is 4.79 Å². The van der Waals surface area contributed by atoms with E-state index in [9.17, 15) is 4.79 Å². The molecule has 1 aromatic rings. The molecule has 1 aromatic carbocycles. The van der Waals surface area contributed by atoms with Crippen LogP contribution in [-0.4, -0.2) is 48.9 Å². The van der Waals surface area contributed by atoms with Crippen LogP contribution < -0.4 is 5.32 Å². The Hall–Kier alpha value is -2.33. The van der Waals surface area contributed by atoms with Crippen molar-refractivity contribution in [3.05, 3.63) is 71.6 Å². The number of carbonyl (C=O) groups excluding carboxylic acids is 1. The predicted octanol–water partition coefficient (Wildman–Crippen LogP) is 3.27. The summed E-state index contributed by atoms with van der Waals surface area (Å²) in [4.78, 5) is 17.3. The predicted molar refractivity (Wildman–Crippen MR) is 111 cm³/mol. The van der Waals surface area contributed by atoms with Crippen molar-refractivity contribution in [2.24, 2.45) is 23.7 Å². The maximum atomic E-state index is 12.5. The molecule has 1 N–H and O–H groups in total. The molecule has 0 radical (unpaired) electrons. The minimum absolute atomic E-state index is 0.0411. The lowest BCUT2D eigenvalue weighted by atomic mass is 9.61. The molecular formula is C24H29N3O. The van der Waals surface area contributed by atoms with E-state index in [2.05, 4.69) is 53.6 Å². The Kier molecular flexibility index (Phi) is 4.39. The summed E-state index contributed by atoms with van der Waals surface area (Å²) in [7, 11) is 4.45. The summed E-state index contributed by atoms with van der Waals surface area (Å²) in [6, 6.07) is 10.2. The van der Waals surface area contributed by atoms with Crippen molar-refractivity contribution in [3.8, 4) is 0 Å². The van der Waals surface area contributed by atoms with Crippen molar-refractivity contribution in [1.82, 2.24) is 15.1 Å². The Balaban J connectivity index is 1.30. The lowest BCUT2D eigenvalue weighted by molar-refractivity contribution is 0.0299. The van der Waals surface area contributed by atoms with E-state index < -0.39 is 0 Å². The highest BCUT2D eigenvalue weighted by Crippen LogP contribution is 2.52. The van der Waals surface area contributed by atoms with Crippen molar-refractivity contribution in [2.75, 3.05) is 27.2 Å². The maximum Gasteiger partial charge on any atom is 0.251 e. The normalized spacial score (nSPS) is 33.6. The van der Waals surface area contributed by atoms with Gasteiger partial charge in [-0.3, -0.25) is 4.79 Å². The van der Waals surface area contributed by atoms with Crippen LogP contribution in [-0.2, 0) is 0 Å². The van der Waals surface area contributed by atoms with Crippen LogP contribution in [0.5, 0.6) is 0 Å². The fraction of sp³-hybridized carbons (Fsp3) is 0.458. The largest absolute Gasteiger partial charge is 0.354 e. The average molecular weight is 376 g/mol. The summed E-state index contributed by atoms with van der Waals surface area (Å²) in [5.74, 6) is 2.36. The third kappa shape index (κ3) is 2.91. The number of benzene rings is 1. The van der Waals surface area contributed by atoms with Crippen LogP contribution >= 0.6 is 0 Å². The highest BCUT2D eigenvalue weighted by molar-refractivity contribution is 5.94. The SMILES string of the molecule is CN1C=C2C[C@@H]3[C@H](C[C@@H](CNC(=O)c4ccccc4)CN3C)C3C=CC=C1C23. The molecule has 2 unspecified atom stereocenters. The molecule has 2 fully saturated rings. The first-order valence-corrected chi connectivity index (χ1v) is 10.5. The van der Waals surface area contributed by atoms with Crippen LogP contribution in [0.15, 0.2) is 66.0 Å². The molecule has 2 heterocycles. The number of hydrogen-bond donors (Lipinski definition) is 1. The molecular weight excluding hydrogens is 346 g/mol. The Morgan fingerprint density at radius 1 is 1.21 bits per heavy atom. The third-order valence-electron chi connectivity index (χ3n) is 7.21. The first-order valence-electron chi connectivity index (χ1n) is 10.5. The average Bonchev–Trinajstić information content (AvgIpc) is 3.04. The van der Waals surface area contributed by atoms with Crippen LogP contribution in [0.2, 0.25) is 0 Å². The highest BCUT2D eigenvalue weighted by atomic mass is 16.1. The minimum atomic E-state index is 0.0411. The number of allylic oxidation sites excluding steroid dienone is 4. The van der Waals surface area contributed by atoms with Crippen molar-refractivity contribution in [1.29, 1.82) is 0 Å². The zero-order chi connectivity index (χ0) is 19.3. The molecule has 0 aromatic heterocycles. The maximum absolute atomic E-state index is 12.5. The first kappa shape index (κ1) is 17.7. The van der Waals surface area contributed by atoms with Crippen molar-refractivity contribution in [3.63, 3.8) is 0 Å². The highest BCUT2D eigenvalue weighted by Gasteiger charge is 2.49. The summed E-state index contributed by atoms with van der Waals surface area (Å²) < 4.78 is 0. The molecule has 4 nitrogen and oxygen atoms in total. The lowest BCUT2D eigenvalue weighted by Crippen LogP contribution is -2.54. The van der Waals surface area contributed by atoms with Gasteiger partial charge in [-0.1, -0.05) is 30.4 Å². The van der Waals surface area contributed by atoms with E-state index in [1.807, 2.05) is 30.3 Å². The second-order valence-corrected chi connectivity index (χ2v) is 8.90. The van der Waals surface area contributed by atoms with Gasteiger partial charge in [0, 0.05) is 49.6 Å². The van der Waals surface area contributed by atoms with E-state index in [0.29, 0.717) is 29.7 Å². The lowest BCUT2D eigenvalue weighted by Gasteiger charge is -2.51. The summed E-state index contributed by atoms with van der Waals surface area (Å²) in [6.07, 6.45) is 11.7. The quantitative estimate of drug-likeness (QED) is 0.881. The van der Waals surface area contributed by atoms with Gasteiger partial charge in [0.15, 0.2) is 0 Å². The van der Waals surface area contributed by atoms with Crippen molar-refractivity contribution >= 4 is 5.91 Å². The molecule has 1 saturated carbocycles. The molecule has 5 rings (SSSR count). The Bertz CT molecular complexity index is 856. The monoisotopic (exact) mass is 375 g/mol. The standard InChI is InChI=1S/C24H29N3O/c1-26-14-16(13-25-24(28)17-7-4-3-5-8-17)11-20-19-9-6-10-21-23(19)18(12-22(20)26)15-27(21)2/h3-10,15-16,19-20,22-23H,11-14H2,1-2H3,(H,25,28)/t16-,19?,20+,22+,23?/m0/s1. The number of hydrogen-bond acceptors (Lipinski definition) is 3. The summed E-state index contributed by atoms with van der Waals surface area (Å²) in [6.45, 7) is 1.82. The molecule has 1 amide bonds. The second kappa shape index (κ2) is 6.93. The van der Waals surface area contributed by atoms with E-state index in [1.165, 1.54) is 18.5 Å². The third-order valence-corrected chi connectivity index (χ3v) is 7.21. The van der Waals surface area contributed by atoms with E-state index in [4.69, 9.17) is 0 Å². The molecule has 1 saturated heterocycles. The van der Waals surface area contributed by atoms with Crippen LogP contribution in [0, 0.1) is 23.7 Å². The molecule has 4 heteroatoms. The van der Waals surface area contributed by atoms with E-state index in [-0.39, 0.29) is 5.91 Å². The molecule has 0 bridgehead atoms. The van der Waals surface area contributed by atoms with Gasteiger partial charge in [0.1, 0.15) is 0 Å². The number of nitrogens with zero attached hydrogens (tertiary/aromatic N) is 2. The molecule has 5 atom stereocenters. The van der Waals surface area contributed by atoms with Crippen LogP contribution in [0.4, 0.5) is 0 Å². The molecule has 0 spiro atoms. The molecule has 2 aliphatic heterocycles. The van der Waals surface area contributed by atoms with Gasteiger partial charge >= 0.3 is 0 Å². The van der Waals surface area contributed by atoms with Crippen LogP contribution in [0.25, 0.3) is 0 Å². The number of fused-ring (bicyclic) bond motifs is 2. The fourth-order valence-electron chi connectivity index (χ4n) is 5.97. The number of likely N-dealkylation sites (tertiary alicyclic amines) is 1. The summed E-state index contributed by atoms with van der Waals surface area (Å²) in [5.41, 5.74) is 3.81. The number of carbonyl (C=O) groups is 1. The molecule has 2 aliphatic carbocycles.